The maximum atomic E-state index is 9.95. The third-order valence-electron chi connectivity index (χ3n) is 1.94. The van der Waals surface area contributed by atoms with Gasteiger partial charge in [0.05, 0.1) is 21.9 Å². The minimum atomic E-state index is -0.740. The number of hydrogen-bond acceptors (Lipinski definition) is 4. The van der Waals surface area contributed by atoms with Crippen molar-refractivity contribution in [3.05, 3.63) is 45.1 Å². The zero-order valence-electron chi connectivity index (χ0n) is 8.01. The van der Waals surface area contributed by atoms with Crippen LogP contribution in [0.15, 0.2) is 24.5 Å². The first-order chi connectivity index (χ1) is 7.16. The molecule has 0 saturated carbocycles. The molecule has 0 aromatic carbocycles. The van der Waals surface area contributed by atoms with Crippen LogP contribution in [0.5, 0.6) is 0 Å². The Bertz CT molecular complexity index is 455. The van der Waals surface area contributed by atoms with Gasteiger partial charge in [-0.1, -0.05) is 11.6 Å². The molecular formula is C10H9ClN2OS. The molecule has 3 nitrogen and oxygen atoms in total. The van der Waals surface area contributed by atoms with Crippen molar-refractivity contribution in [2.24, 2.45) is 0 Å². The van der Waals surface area contributed by atoms with Gasteiger partial charge in [0.1, 0.15) is 6.10 Å². The van der Waals surface area contributed by atoms with Crippen molar-refractivity contribution in [2.45, 2.75) is 13.0 Å². The SMILES string of the molecule is Cc1cnc(C(O)c2ccc(Cl)s2)cn1. The quantitative estimate of drug-likeness (QED) is 0.878. The van der Waals surface area contributed by atoms with E-state index >= 15 is 0 Å². The number of nitrogens with zero attached hydrogens (tertiary/aromatic N) is 2. The number of halogens is 1. The topological polar surface area (TPSA) is 46.0 Å². The molecule has 0 aliphatic carbocycles. The Kier molecular flexibility index (Phi) is 3.00. The number of hydrogen-bond donors (Lipinski definition) is 1. The average Bonchev–Trinajstić information content (AvgIpc) is 2.65. The van der Waals surface area contributed by atoms with E-state index in [2.05, 4.69) is 9.97 Å². The second kappa shape index (κ2) is 4.26. The van der Waals surface area contributed by atoms with E-state index in [9.17, 15) is 5.11 Å². The molecule has 0 aliphatic rings. The first-order valence-corrected chi connectivity index (χ1v) is 5.58. The molecule has 2 aromatic heterocycles. The van der Waals surface area contributed by atoms with Crippen LogP contribution >= 0.6 is 22.9 Å². The van der Waals surface area contributed by atoms with E-state index in [1.54, 1.807) is 24.5 Å². The van der Waals surface area contributed by atoms with E-state index < -0.39 is 6.10 Å². The Morgan fingerprint density at radius 1 is 1.33 bits per heavy atom. The molecule has 2 rings (SSSR count). The maximum Gasteiger partial charge on any atom is 0.132 e. The second-order valence-corrected chi connectivity index (χ2v) is 4.87. The van der Waals surface area contributed by atoms with Crippen molar-refractivity contribution in [1.82, 2.24) is 9.97 Å². The largest absolute Gasteiger partial charge is 0.381 e. The monoisotopic (exact) mass is 240 g/mol. The van der Waals surface area contributed by atoms with Gasteiger partial charge in [0.15, 0.2) is 0 Å². The standard InChI is InChI=1S/C10H9ClN2OS/c1-6-4-13-7(5-12-6)10(14)8-2-3-9(11)15-8/h2-5,10,14H,1H3. The molecule has 2 heterocycles. The van der Waals surface area contributed by atoms with Gasteiger partial charge in [-0.15, -0.1) is 11.3 Å². The highest BCUT2D eigenvalue weighted by atomic mass is 35.5. The zero-order chi connectivity index (χ0) is 10.8. The number of aliphatic hydroxyl groups excluding tert-OH is 1. The molecule has 0 amide bonds. The highest BCUT2D eigenvalue weighted by Gasteiger charge is 2.14. The summed E-state index contributed by atoms with van der Waals surface area (Å²) >= 11 is 7.13. The van der Waals surface area contributed by atoms with Gasteiger partial charge in [-0.05, 0) is 19.1 Å². The van der Waals surface area contributed by atoms with E-state index in [1.165, 1.54) is 11.3 Å². The summed E-state index contributed by atoms with van der Waals surface area (Å²) in [5, 5.41) is 9.95. The van der Waals surface area contributed by atoms with Crippen LogP contribution in [-0.2, 0) is 0 Å². The Hall–Kier alpha value is -0.970. The molecule has 0 fully saturated rings. The summed E-state index contributed by atoms with van der Waals surface area (Å²) in [5.41, 5.74) is 1.37. The summed E-state index contributed by atoms with van der Waals surface area (Å²) < 4.78 is 0.657. The molecule has 5 heteroatoms. The fourth-order valence-electron chi connectivity index (χ4n) is 1.16. The van der Waals surface area contributed by atoms with Gasteiger partial charge < -0.3 is 5.11 Å². The summed E-state index contributed by atoms with van der Waals surface area (Å²) in [6, 6.07) is 3.55. The first kappa shape index (κ1) is 10.5. The van der Waals surface area contributed by atoms with Crippen LogP contribution < -0.4 is 0 Å². The van der Waals surface area contributed by atoms with Crippen molar-refractivity contribution < 1.29 is 5.11 Å². The van der Waals surface area contributed by atoms with Gasteiger partial charge in [-0.25, -0.2) is 0 Å². The van der Waals surface area contributed by atoms with Crippen molar-refractivity contribution in [2.75, 3.05) is 0 Å². The lowest BCUT2D eigenvalue weighted by Gasteiger charge is -2.06. The van der Waals surface area contributed by atoms with Crippen molar-refractivity contribution in [1.29, 1.82) is 0 Å². The van der Waals surface area contributed by atoms with Gasteiger partial charge >= 0.3 is 0 Å². The number of thiophene rings is 1. The minimum absolute atomic E-state index is 0.541. The highest BCUT2D eigenvalue weighted by molar-refractivity contribution is 7.16. The fraction of sp³-hybridized carbons (Fsp3) is 0.200. The number of aliphatic hydroxyl groups is 1. The van der Waals surface area contributed by atoms with Gasteiger partial charge in [0.25, 0.3) is 0 Å². The van der Waals surface area contributed by atoms with E-state index in [-0.39, 0.29) is 0 Å². The summed E-state index contributed by atoms with van der Waals surface area (Å²) in [6.07, 6.45) is 2.47. The molecule has 0 radical (unpaired) electrons. The molecule has 1 atom stereocenters. The maximum absolute atomic E-state index is 9.95. The number of aromatic nitrogens is 2. The molecule has 0 saturated heterocycles. The molecule has 0 spiro atoms. The van der Waals surface area contributed by atoms with E-state index in [1.807, 2.05) is 6.92 Å². The summed E-state index contributed by atoms with van der Waals surface area (Å²) in [7, 11) is 0. The predicted molar refractivity (Wildman–Crippen MR) is 60.2 cm³/mol. The Morgan fingerprint density at radius 2 is 2.13 bits per heavy atom. The third-order valence-corrected chi connectivity index (χ3v) is 3.23. The minimum Gasteiger partial charge on any atom is -0.381 e. The fourth-order valence-corrected chi connectivity index (χ4v) is 2.22. The van der Waals surface area contributed by atoms with Gasteiger partial charge in [-0.3, -0.25) is 9.97 Å². The number of aryl methyl sites for hydroxylation is 1. The van der Waals surface area contributed by atoms with Crippen LogP contribution in [0.4, 0.5) is 0 Å². The Balaban J connectivity index is 2.28. The molecule has 15 heavy (non-hydrogen) atoms. The predicted octanol–water partition coefficient (Wildman–Crippen LogP) is 2.58. The van der Waals surface area contributed by atoms with E-state index in [0.29, 0.717) is 10.0 Å². The normalized spacial score (nSPS) is 12.7. The van der Waals surface area contributed by atoms with Crippen molar-refractivity contribution in [3.8, 4) is 0 Å². The van der Waals surface area contributed by atoms with Gasteiger partial charge in [0.2, 0.25) is 0 Å². The molecule has 0 bridgehead atoms. The van der Waals surface area contributed by atoms with Gasteiger partial charge in [0, 0.05) is 11.1 Å². The molecular weight excluding hydrogens is 232 g/mol. The zero-order valence-corrected chi connectivity index (χ0v) is 9.59. The first-order valence-electron chi connectivity index (χ1n) is 4.38. The second-order valence-electron chi connectivity index (χ2n) is 3.13. The van der Waals surface area contributed by atoms with Gasteiger partial charge in [-0.2, -0.15) is 0 Å². The summed E-state index contributed by atoms with van der Waals surface area (Å²) in [5.74, 6) is 0. The Labute approximate surface area is 96.4 Å². The number of rotatable bonds is 2. The van der Waals surface area contributed by atoms with E-state index in [4.69, 9.17) is 11.6 Å². The lowest BCUT2D eigenvalue weighted by atomic mass is 10.2. The van der Waals surface area contributed by atoms with Crippen LogP contribution in [0.25, 0.3) is 0 Å². The van der Waals surface area contributed by atoms with Crippen LogP contribution in [0.3, 0.4) is 0 Å². The van der Waals surface area contributed by atoms with Crippen molar-refractivity contribution in [3.63, 3.8) is 0 Å². The van der Waals surface area contributed by atoms with Crippen LogP contribution in [0, 0.1) is 6.92 Å². The van der Waals surface area contributed by atoms with E-state index in [0.717, 1.165) is 10.6 Å². The highest BCUT2D eigenvalue weighted by Crippen LogP contribution is 2.29. The van der Waals surface area contributed by atoms with Crippen LogP contribution in [0.2, 0.25) is 4.34 Å². The Morgan fingerprint density at radius 3 is 2.67 bits per heavy atom. The smallest absolute Gasteiger partial charge is 0.132 e. The molecule has 0 aliphatic heterocycles. The lowest BCUT2D eigenvalue weighted by Crippen LogP contribution is -2.01. The lowest BCUT2D eigenvalue weighted by molar-refractivity contribution is 0.218. The molecule has 2 aromatic rings. The third kappa shape index (κ3) is 2.34. The molecule has 78 valence electrons. The average molecular weight is 241 g/mol. The molecule has 1 N–H and O–H groups in total. The summed E-state index contributed by atoms with van der Waals surface area (Å²) in [4.78, 5) is 8.97. The van der Waals surface area contributed by atoms with Crippen molar-refractivity contribution >= 4 is 22.9 Å². The molecule has 1 unspecified atom stereocenters. The van der Waals surface area contributed by atoms with Crippen LogP contribution in [-0.4, -0.2) is 15.1 Å². The summed E-state index contributed by atoms with van der Waals surface area (Å²) in [6.45, 7) is 1.85. The van der Waals surface area contributed by atoms with Crippen LogP contribution in [0.1, 0.15) is 22.4 Å².